The summed E-state index contributed by atoms with van der Waals surface area (Å²) in [5.41, 5.74) is 8.62. The number of nitrogens with zero attached hydrogens (tertiary/aromatic N) is 5. The molecule has 3 N–H and O–H groups in total. The van der Waals surface area contributed by atoms with Gasteiger partial charge in [-0.2, -0.15) is 5.10 Å². The second kappa shape index (κ2) is 10.7. The van der Waals surface area contributed by atoms with Crippen molar-refractivity contribution in [1.82, 2.24) is 24.9 Å². The van der Waals surface area contributed by atoms with Crippen LogP contribution in [0, 0.1) is 5.82 Å². The average molecular weight is 530 g/mol. The summed E-state index contributed by atoms with van der Waals surface area (Å²) < 4.78 is 32.8. The zero-order valence-electron chi connectivity index (χ0n) is 21.8. The summed E-state index contributed by atoms with van der Waals surface area (Å²) in [7, 11) is 0. The Balaban J connectivity index is 1.17. The lowest BCUT2D eigenvalue weighted by Gasteiger charge is -2.36. The topological polar surface area (TPSA) is 74.7 Å². The highest BCUT2D eigenvalue weighted by molar-refractivity contribution is 5.61. The fourth-order valence-electron chi connectivity index (χ4n) is 5.30. The predicted octanol–water partition coefficient (Wildman–Crippen LogP) is 4.62. The predicted molar refractivity (Wildman–Crippen MR) is 148 cm³/mol. The smallest absolute Gasteiger partial charge is 0.183 e. The van der Waals surface area contributed by atoms with Crippen LogP contribution >= 0.6 is 0 Å². The van der Waals surface area contributed by atoms with E-state index in [4.69, 9.17) is 5.73 Å². The van der Waals surface area contributed by atoms with Crippen molar-refractivity contribution < 1.29 is 8.78 Å². The highest BCUT2D eigenvalue weighted by atomic mass is 19.1. The van der Waals surface area contributed by atoms with E-state index in [1.807, 2.05) is 17.0 Å². The van der Waals surface area contributed by atoms with Crippen LogP contribution in [0.1, 0.15) is 36.8 Å². The van der Waals surface area contributed by atoms with Gasteiger partial charge in [0.05, 0.1) is 12.0 Å². The van der Waals surface area contributed by atoms with E-state index in [0.29, 0.717) is 17.7 Å². The quantitative estimate of drug-likeness (QED) is 0.396. The standard InChI is InChI=1S/C30H33F2N7/c31-27-17-26(39-14-4-13-36-39)8-7-24(27)20-38(25-9-10-25)29-28(32)30(33,35-21-34-29)18-22-11-15-37(16-12-22)19-23-5-2-1-3-6-23/h1-8,11,13-14,17,21,25H,9-10,12,15-16,18-20,33H2,(H,34,35). The molecule has 1 aromatic heterocycles. The third-order valence-corrected chi connectivity index (χ3v) is 7.64. The van der Waals surface area contributed by atoms with E-state index in [9.17, 15) is 0 Å². The molecule has 0 spiro atoms. The molecule has 0 radical (unpaired) electrons. The van der Waals surface area contributed by atoms with Crippen LogP contribution in [0.2, 0.25) is 0 Å². The van der Waals surface area contributed by atoms with Crippen LogP contribution in [0.3, 0.4) is 0 Å². The maximum absolute atomic E-state index is 16.1. The molecular weight excluding hydrogens is 496 g/mol. The molecule has 1 atom stereocenters. The van der Waals surface area contributed by atoms with E-state index in [1.54, 1.807) is 29.2 Å². The van der Waals surface area contributed by atoms with E-state index in [1.165, 1.54) is 18.0 Å². The number of hydrogen-bond acceptors (Lipinski definition) is 6. The average Bonchev–Trinajstić information content (AvgIpc) is 3.64. The molecule has 0 amide bonds. The van der Waals surface area contributed by atoms with Crippen LogP contribution in [-0.4, -0.2) is 50.7 Å². The molecule has 0 saturated heterocycles. The van der Waals surface area contributed by atoms with Crippen molar-refractivity contribution in [3.63, 3.8) is 0 Å². The first-order valence-corrected chi connectivity index (χ1v) is 13.5. The third kappa shape index (κ3) is 5.65. The number of rotatable bonds is 9. The first kappa shape index (κ1) is 25.5. The molecule has 202 valence electrons. The second-order valence-electron chi connectivity index (χ2n) is 10.6. The summed E-state index contributed by atoms with van der Waals surface area (Å²) in [4.78, 5) is 8.61. The summed E-state index contributed by atoms with van der Waals surface area (Å²) in [5.74, 6) is -0.573. The highest BCUT2D eigenvalue weighted by Gasteiger charge is 2.41. The monoisotopic (exact) mass is 529 g/mol. The third-order valence-electron chi connectivity index (χ3n) is 7.64. The van der Waals surface area contributed by atoms with Crippen molar-refractivity contribution in [3.05, 3.63) is 107 Å². The zero-order chi connectivity index (χ0) is 26.8. The molecule has 3 aliphatic rings. The maximum atomic E-state index is 16.1. The van der Waals surface area contributed by atoms with Gasteiger partial charge in [0.2, 0.25) is 0 Å². The Kier molecular flexibility index (Phi) is 7.01. The van der Waals surface area contributed by atoms with Crippen molar-refractivity contribution in [2.24, 2.45) is 10.7 Å². The molecule has 1 unspecified atom stereocenters. The number of nitrogens with one attached hydrogen (secondary N) is 1. The van der Waals surface area contributed by atoms with Crippen LogP contribution in [0.15, 0.2) is 95.3 Å². The summed E-state index contributed by atoms with van der Waals surface area (Å²) >= 11 is 0. The fourth-order valence-corrected chi connectivity index (χ4v) is 5.30. The maximum Gasteiger partial charge on any atom is 0.183 e. The molecule has 3 aromatic rings. The van der Waals surface area contributed by atoms with Gasteiger partial charge in [-0.3, -0.25) is 4.90 Å². The number of hydrogen-bond donors (Lipinski definition) is 2. The number of halogens is 2. The molecule has 3 heterocycles. The Morgan fingerprint density at radius 2 is 1.95 bits per heavy atom. The minimum absolute atomic E-state index is 0.125. The van der Waals surface area contributed by atoms with E-state index in [0.717, 1.165) is 44.5 Å². The molecule has 1 saturated carbocycles. The van der Waals surface area contributed by atoms with Gasteiger partial charge in [-0.05, 0) is 43.0 Å². The molecule has 39 heavy (non-hydrogen) atoms. The fraction of sp³-hybridized carbons (Fsp3) is 0.333. The van der Waals surface area contributed by atoms with Gasteiger partial charge in [-0.15, -0.1) is 0 Å². The molecule has 2 aliphatic heterocycles. The Labute approximate surface area is 227 Å². The second-order valence-corrected chi connectivity index (χ2v) is 10.6. The van der Waals surface area contributed by atoms with Gasteiger partial charge in [0.1, 0.15) is 11.6 Å². The van der Waals surface area contributed by atoms with Crippen LogP contribution < -0.4 is 11.1 Å². The minimum Gasteiger partial charge on any atom is -0.348 e. The van der Waals surface area contributed by atoms with Crippen molar-refractivity contribution in [2.75, 3.05) is 13.1 Å². The Morgan fingerprint density at radius 3 is 2.64 bits per heavy atom. The highest BCUT2D eigenvalue weighted by Crippen LogP contribution is 2.37. The molecule has 0 bridgehead atoms. The van der Waals surface area contributed by atoms with Gasteiger partial charge in [-0.1, -0.05) is 48.0 Å². The van der Waals surface area contributed by atoms with Crippen molar-refractivity contribution in [3.8, 4) is 5.69 Å². The lowest BCUT2D eigenvalue weighted by atomic mass is 9.94. The lowest BCUT2D eigenvalue weighted by Crippen LogP contribution is -2.48. The largest absolute Gasteiger partial charge is 0.348 e. The van der Waals surface area contributed by atoms with Gasteiger partial charge in [0, 0.05) is 56.6 Å². The van der Waals surface area contributed by atoms with Crippen molar-refractivity contribution in [2.45, 2.75) is 50.5 Å². The molecule has 1 aliphatic carbocycles. The lowest BCUT2D eigenvalue weighted by molar-refractivity contribution is 0.262. The van der Waals surface area contributed by atoms with E-state index < -0.39 is 11.5 Å². The van der Waals surface area contributed by atoms with Gasteiger partial charge < -0.3 is 16.0 Å². The SMILES string of the molecule is NC1(CC2=CCN(Cc3ccccc3)CC2)N=CNC(N(Cc2ccc(-n3cccn3)cc2F)C2CC2)=C1F. The molecule has 1 fully saturated rings. The van der Waals surface area contributed by atoms with Gasteiger partial charge in [-0.25, -0.2) is 18.5 Å². The number of benzene rings is 2. The molecule has 6 rings (SSSR count). The van der Waals surface area contributed by atoms with E-state index in [2.05, 4.69) is 50.6 Å². The molecule has 2 aromatic carbocycles. The Bertz CT molecular complexity index is 1400. The number of aliphatic imine (C=N–C) groups is 1. The number of nitrogens with two attached hydrogens (primary N) is 1. The summed E-state index contributed by atoms with van der Waals surface area (Å²) in [5, 5.41) is 7.15. The first-order valence-electron chi connectivity index (χ1n) is 13.5. The molecular formula is C30H33F2N7. The van der Waals surface area contributed by atoms with Crippen molar-refractivity contribution in [1.29, 1.82) is 0 Å². The van der Waals surface area contributed by atoms with Gasteiger partial charge >= 0.3 is 0 Å². The number of aromatic nitrogens is 2. The zero-order valence-corrected chi connectivity index (χ0v) is 21.8. The minimum atomic E-state index is -1.48. The Hall–Kier alpha value is -3.82. The van der Waals surface area contributed by atoms with Crippen LogP contribution in [0.4, 0.5) is 8.78 Å². The van der Waals surface area contributed by atoms with Gasteiger partial charge in [0.15, 0.2) is 11.5 Å². The van der Waals surface area contributed by atoms with Crippen LogP contribution in [0.5, 0.6) is 0 Å². The van der Waals surface area contributed by atoms with Crippen molar-refractivity contribution >= 4 is 6.34 Å². The van der Waals surface area contributed by atoms with E-state index >= 15 is 8.78 Å². The Morgan fingerprint density at radius 1 is 1.10 bits per heavy atom. The normalized spacial score (nSPS) is 21.6. The van der Waals surface area contributed by atoms with Crippen LogP contribution in [-0.2, 0) is 13.1 Å². The first-order chi connectivity index (χ1) is 19.0. The van der Waals surface area contributed by atoms with Crippen LogP contribution in [0.25, 0.3) is 5.69 Å². The van der Waals surface area contributed by atoms with Gasteiger partial charge in [0.25, 0.3) is 0 Å². The van der Waals surface area contributed by atoms with E-state index in [-0.39, 0.29) is 24.2 Å². The summed E-state index contributed by atoms with van der Waals surface area (Å²) in [6.45, 7) is 2.79. The molecule has 9 heteroatoms. The summed E-state index contributed by atoms with van der Waals surface area (Å²) in [6, 6.07) is 17.3. The molecule has 7 nitrogen and oxygen atoms in total. The summed E-state index contributed by atoms with van der Waals surface area (Å²) in [6.07, 6.45) is 10.0.